The quantitative estimate of drug-likeness (QED) is 0.878. The molecule has 1 fully saturated rings. The van der Waals surface area contributed by atoms with Crippen molar-refractivity contribution in [1.82, 2.24) is 5.32 Å². The van der Waals surface area contributed by atoms with Crippen molar-refractivity contribution in [2.75, 3.05) is 13.7 Å². The van der Waals surface area contributed by atoms with Crippen LogP contribution in [0.1, 0.15) is 37.3 Å². The Morgan fingerprint density at radius 1 is 1.44 bits per heavy atom. The summed E-state index contributed by atoms with van der Waals surface area (Å²) in [4.78, 5) is 0. The highest BCUT2D eigenvalue weighted by atomic mass is 79.9. The van der Waals surface area contributed by atoms with E-state index in [1.54, 1.807) is 7.11 Å². The number of methoxy groups -OCH3 is 1. The fourth-order valence-electron chi connectivity index (χ4n) is 2.60. The van der Waals surface area contributed by atoms with Gasteiger partial charge >= 0.3 is 0 Å². The molecule has 0 aromatic heterocycles. The largest absolute Gasteiger partial charge is 0.496 e. The van der Waals surface area contributed by atoms with Gasteiger partial charge in [-0.2, -0.15) is 0 Å². The summed E-state index contributed by atoms with van der Waals surface area (Å²) in [5, 5.41) is 13.2. The van der Waals surface area contributed by atoms with Crippen LogP contribution < -0.4 is 10.1 Å². The maximum atomic E-state index is 9.62. The van der Waals surface area contributed by atoms with E-state index in [-0.39, 0.29) is 12.6 Å². The number of halogens is 1. The van der Waals surface area contributed by atoms with Gasteiger partial charge in [-0.3, -0.25) is 0 Å². The molecule has 0 aliphatic heterocycles. The minimum Gasteiger partial charge on any atom is -0.496 e. The SMILES string of the molecule is COc1ccc(Br)cc1C(CO)NC1CCCC1. The minimum atomic E-state index is -0.0550. The number of hydrogen-bond acceptors (Lipinski definition) is 3. The molecule has 2 N–H and O–H groups in total. The van der Waals surface area contributed by atoms with E-state index in [0.717, 1.165) is 15.8 Å². The molecule has 3 nitrogen and oxygen atoms in total. The average Bonchev–Trinajstić information content (AvgIpc) is 2.88. The van der Waals surface area contributed by atoms with Crippen molar-refractivity contribution in [2.24, 2.45) is 0 Å². The van der Waals surface area contributed by atoms with E-state index < -0.39 is 0 Å². The lowest BCUT2D eigenvalue weighted by molar-refractivity contribution is 0.229. The van der Waals surface area contributed by atoms with Gasteiger partial charge in [0.2, 0.25) is 0 Å². The third kappa shape index (κ3) is 3.25. The summed E-state index contributed by atoms with van der Waals surface area (Å²) in [7, 11) is 1.66. The Bertz CT molecular complexity index is 391. The Hall–Kier alpha value is -0.580. The van der Waals surface area contributed by atoms with Gasteiger partial charge in [0.15, 0.2) is 0 Å². The van der Waals surface area contributed by atoms with Gasteiger partial charge in [-0.1, -0.05) is 28.8 Å². The molecule has 2 rings (SSSR count). The predicted molar refractivity (Wildman–Crippen MR) is 75.9 cm³/mol. The monoisotopic (exact) mass is 313 g/mol. The number of ether oxygens (including phenoxy) is 1. The van der Waals surface area contributed by atoms with Crippen molar-refractivity contribution >= 4 is 15.9 Å². The van der Waals surface area contributed by atoms with E-state index in [1.807, 2.05) is 18.2 Å². The van der Waals surface area contributed by atoms with Crippen molar-refractivity contribution in [1.29, 1.82) is 0 Å². The Labute approximate surface area is 117 Å². The molecule has 0 saturated heterocycles. The van der Waals surface area contributed by atoms with Crippen LogP contribution in [0.4, 0.5) is 0 Å². The molecule has 18 heavy (non-hydrogen) atoms. The molecule has 1 aliphatic carbocycles. The van der Waals surface area contributed by atoms with Gasteiger partial charge < -0.3 is 15.2 Å². The predicted octanol–water partition coefficient (Wildman–Crippen LogP) is 3.02. The first-order valence-corrected chi connectivity index (χ1v) is 7.24. The summed E-state index contributed by atoms with van der Waals surface area (Å²) in [5.74, 6) is 0.822. The first-order chi connectivity index (χ1) is 8.74. The number of aliphatic hydroxyl groups is 1. The van der Waals surface area contributed by atoms with Gasteiger partial charge in [-0.15, -0.1) is 0 Å². The summed E-state index contributed by atoms with van der Waals surface area (Å²) < 4.78 is 6.38. The van der Waals surface area contributed by atoms with Crippen molar-refractivity contribution in [3.05, 3.63) is 28.2 Å². The topological polar surface area (TPSA) is 41.5 Å². The van der Waals surface area contributed by atoms with Crippen molar-refractivity contribution < 1.29 is 9.84 Å². The van der Waals surface area contributed by atoms with E-state index >= 15 is 0 Å². The van der Waals surface area contributed by atoms with E-state index in [1.165, 1.54) is 25.7 Å². The highest BCUT2D eigenvalue weighted by molar-refractivity contribution is 9.10. The molecule has 1 aliphatic rings. The normalized spacial score (nSPS) is 17.9. The second-order valence-corrected chi connectivity index (χ2v) is 5.69. The highest BCUT2D eigenvalue weighted by Gasteiger charge is 2.22. The van der Waals surface area contributed by atoms with Crippen LogP contribution in [-0.4, -0.2) is 24.9 Å². The molecule has 0 spiro atoms. The fraction of sp³-hybridized carbons (Fsp3) is 0.571. The molecule has 100 valence electrons. The molecule has 1 atom stereocenters. The van der Waals surface area contributed by atoms with Crippen LogP contribution in [0.5, 0.6) is 5.75 Å². The first kappa shape index (κ1) is 13.8. The van der Waals surface area contributed by atoms with E-state index in [2.05, 4.69) is 21.2 Å². The molecule has 1 saturated carbocycles. The zero-order chi connectivity index (χ0) is 13.0. The van der Waals surface area contributed by atoms with Gasteiger partial charge in [0, 0.05) is 16.1 Å². The zero-order valence-corrected chi connectivity index (χ0v) is 12.2. The van der Waals surface area contributed by atoms with Gasteiger partial charge in [0.25, 0.3) is 0 Å². The van der Waals surface area contributed by atoms with Crippen molar-refractivity contribution in [3.8, 4) is 5.75 Å². The highest BCUT2D eigenvalue weighted by Crippen LogP contribution is 2.30. The van der Waals surface area contributed by atoms with E-state index in [9.17, 15) is 5.11 Å². The van der Waals surface area contributed by atoms with E-state index in [0.29, 0.717) is 6.04 Å². The van der Waals surface area contributed by atoms with Crippen molar-refractivity contribution in [2.45, 2.75) is 37.8 Å². The molecule has 1 unspecified atom stereocenters. The maximum absolute atomic E-state index is 9.62. The molecule has 1 aromatic rings. The van der Waals surface area contributed by atoms with E-state index in [4.69, 9.17) is 4.74 Å². The van der Waals surface area contributed by atoms with Crippen molar-refractivity contribution in [3.63, 3.8) is 0 Å². The standard InChI is InChI=1S/C14H20BrNO2/c1-18-14-7-6-10(15)8-12(14)13(9-17)16-11-4-2-3-5-11/h6-8,11,13,16-17H,2-5,9H2,1H3. The van der Waals surface area contributed by atoms with Crippen LogP contribution in [0.15, 0.2) is 22.7 Å². The average molecular weight is 314 g/mol. The first-order valence-electron chi connectivity index (χ1n) is 6.45. The molecule has 0 heterocycles. The lowest BCUT2D eigenvalue weighted by atomic mass is 10.0. The Morgan fingerprint density at radius 2 is 2.17 bits per heavy atom. The number of benzene rings is 1. The smallest absolute Gasteiger partial charge is 0.123 e. The van der Waals surface area contributed by atoms with Crippen LogP contribution >= 0.6 is 15.9 Å². The Kier molecular flexibility index (Phi) is 5.03. The van der Waals surface area contributed by atoms with Crippen LogP contribution in [0.2, 0.25) is 0 Å². The second kappa shape index (κ2) is 6.55. The number of rotatable bonds is 5. The molecule has 4 heteroatoms. The lowest BCUT2D eigenvalue weighted by Gasteiger charge is -2.23. The molecular formula is C14H20BrNO2. The Morgan fingerprint density at radius 3 is 2.78 bits per heavy atom. The lowest BCUT2D eigenvalue weighted by Crippen LogP contribution is -2.33. The van der Waals surface area contributed by atoms with Crippen LogP contribution in [-0.2, 0) is 0 Å². The minimum absolute atomic E-state index is 0.0550. The second-order valence-electron chi connectivity index (χ2n) is 4.77. The van der Waals surface area contributed by atoms with Crippen LogP contribution in [0.25, 0.3) is 0 Å². The summed E-state index contributed by atoms with van der Waals surface area (Å²) in [6.07, 6.45) is 4.97. The fourth-order valence-corrected chi connectivity index (χ4v) is 2.97. The number of nitrogens with one attached hydrogen (secondary N) is 1. The Balaban J connectivity index is 2.17. The van der Waals surface area contributed by atoms with Gasteiger partial charge in [0.05, 0.1) is 19.8 Å². The molecule has 0 radical (unpaired) electrons. The molecule has 0 bridgehead atoms. The third-order valence-corrected chi connectivity index (χ3v) is 4.04. The number of aliphatic hydroxyl groups excluding tert-OH is 1. The summed E-state index contributed by atoms with van der Waals surface area (Å²) in [6.45, 7) is 0.0866. The number of hydrogen-bond donors (Lipinski definition) is 2. The van der Waals surface area contributed by atoms with Gasteiger partial charge in [0.1, 0.15) is 5.75 Å². The van der Waals surface area contributed by atoms with Gasteiger partial charge in [-0.05, 0) is 31.0 Å². The van der Waals surface area contributed by atoms with Crippen LogP contribution in [0, 0.1) is 0 Å². The van der Waals surface area contributed by atoms with Gasteiger partial charge in [-0.25, -0.2) is 0 Å². The summed E-state index contributed by atoms with van der Waals surface area (Å²) in [5.41, 5.74) is 1.02. The maximum Gasteiger partial charge on any atom is 0.123 e. The zero-order valence-electron chi connectivity index (χ0n) is 10.7. The summed E-state index contributed by atoms with van der Waals surface area (Å²) >= 11 is 3.47. The molecule has 1 aromatic carbocycles. The summed E-state index contributed by atoms with van der Waals surface area (Å²) in [6, 6.07) is 6.36. The third-order valence-electron chi connectivity index (χ3n) is 3.54. The van der Waals surface area contributed by atoms with Crippen LogP contribution in [0.3, 0.4) is 0 Å². The molecule has 0 amide bonds. The molecular weight excluding hydrogens is 294 g/mol.